The fraction of sp³-hybridized carbons (Fsp3) is 0.0833. The third-order valence-corrected chi connectivity index (χ3v) is 7.85. The number of fused-ring (bicyclic) bond motifs is 1. The molecule has 0 amide bonds. The predicted molar refractivity (Wildman–Crippen MR) is 112 cm³/mol. The first kappa shape index (κ1) is 19.0. The van der Waals surface area contributed by atoms with Crippen molar-refractivity contribution in [1.29, 1.82) is 0 Å². The van der Waals surface area contributed by atoms with Gasteiger partial charge in [-0.3, -0.25) is 0 Å². The van der Waals surface area contributed by atoms with Crippen molar-refractivity contribution in [1.82, 2.24) is 0 Å². The van der Waals surface area contributed by atoms with Gasteiger partial charge in [0.25, 0.3) is 0 Å². The second-order valence-electron chi connectivity index (χ2n) is 6.35. The van der Waals surface area contributed by atoms with E-state index in [4.69, 9.17) is 0 Å². The van der Waals surface area contributed by atoms with Crippen molar-refractivity contribution in [3.8, 4) is 0 Å². The molecule has 0 fully saturated rings. The molecule has 0 heterocycles. The summed E-state index contributed by atoms with van der Waals surface area (Å²) >= 11 is 0. The average molecular weight is 447 g/mol. The number of hydrogen-bond acceptors (Lipinski definition) is 0. The molecule has 4 aromatic rings. The molecular formula is C24H21PPd. The van der Waals surface area contributed by atoms with E-state index in [0.717, 1.165) is 0 Å². The molecule has 0 saturated heterocycles. The summed E-state index contributed by atoms with van der Waals surface area (Å²) in [5.74, 6) is 0. The summed E-state index contributed by atoms with van der Waals surface area (Å²) in [5, 5.41) is 5.53. The number of rotatable bonds is 4. The summed E-state index contributed by atoms with van der Waals surface area (Å²) in [6.45, 7) is 2.37. The van der Waals surface area contributed by atoms with E-state index in [1.54, 1.807) is 0 Å². The molecule has 0 nitrogen and oxygen atoms in total. The second-order valence-corrected chi connectivity index (χ2v) is 9.19. The average Bonchev–Trinajstić information content (AvgIpc) is 2.69. The maximum Gasteiger partial charge on any atom is 0.0972 e. The molecule has 2 heteroatoms. The molecule has 0 spiro atoms. The molecule has 0 saturated carbocycles. The van der Waals surface area contributed by atoms with Crippen LogP contribution >= 0.6 is 7.92 Å². The Morgan fingerprint density at radius 2 is 1.23 bits per heavy atom. The Morgan fingerprint density at radius 3 is 1.85 bits per heavy atom. The quantitative estimate of drug-likeness (QED) is 0.219. The van der Waals surface area contributed by atoms with Crippen molar-refractivity contribution in [2.75, 3.05) is 0 Å². The van der Waals surface area contributed by atoms with E-state index in [1.165, 1.54) is 26.9 Å². The van der Waals surface area contributed by atoms with Gasteiger partial charge in [-0.25, -0.2) is 0 Å². The zero-order valence-electron chi connectivity index (χ0n) is 14.6. The van der Waals surface area contributed by atoms with Gasteiger partial charge in [0.2, 0.25) is 0 Å². The van der Waals surface area contributed by atoms with Crippen molar-refractivity contribution < 1.29 is 20.4 Å². The summed E-state index contributed by atoms with van der Waals surface area (Å²) in [4.78, 5) is 0. The normalized spacial score (nSPS) is 11.9. The standard InChI is InChI=1S/C24H20P.Pd/c1-19(23-18-10-12-20-11-8-9-17-24(20)23)25(21-13-4-2-5-14-21)22-15-6-3-7-16-22;/h2-17,19H,1H3;/q-1;/p+1/t19-;/m0./s1. The SMILES string of the molecule is C[C@@H](c1[c-]ccc2ccccc12)[PH+](c1ccccc1)c1ccccc1.[Pd]. The minimum atomic E-state index is -0.951. The molecule has 1 atom stereocenters. The smallest absolute Gasteiger partial charge is 0.0972 e. The van der Waals surface area contributed by atoms with Crippen LogP contribution in [0.25, 0.3) is 10.8 Å². The molecule has 4 aromatic carbocycles. The van der Waals surface area contributed by atoms with Crippen LogP contribution in [-0.4, -0.2) is 0 Å². The minimum absolute atomic E-state index is 0. The first-order valence-electron chi connectivity index (χ1n) is 8.71. The molecule has 0 aliphatic heterocycles. The van der Waals surface area contributed by atoms with E-state index < -0.39 is 7.92 Å². The summed E-state index contributed by atoms with van der Waals surface area (Å²) in [7, 11) is -0.951. The molecule has 0 radical (unpaired) electrons. The van der Waals surface area contributed by atoms with Gasteiger partial charge >= 0.3 is 0 Å². The predicted octanol–water partition coefficient (Wildman–Crippen LogP) is 5.56. The Morgan fingerprint density at radius 1 is 0.692 bits per heavy atom. The third-order valence-electron chi connectivity index (χ3n) is 4.79. The van der Waals surface area contributed by atoms with E-state index in [0.29, 0.717) is 5.66 Å². The summed E-state index contributed by atoms with van der Waals surface area (Å²) in [6.07, 6.45) is 0. The van der Waals surface area contributed by atoms with Crippen LogP contribution in [0.1, 0.15) is 18.1 Å². The summed E-state index contributed by atoms with van der Waals surface area (Å²) in [5.41, 5.74) is 1.76. The number of benzene rings is 4. The first-order valence-corrected chi connectivity index (χ1v) is 10.3. The van der Waals surface area contributed by atoms with Gasteiger partial charge in [0.05, 0.1) is 24.2 Å². The van der Waals surface area contributed by atoms with Gasteiger partial charge in [-0.1, -0.05) is 54.6 Å². The van der Waals surface area contributed by atoms with Gasteiger partial charge in [0.1, 0.15) is 0 Å². The van der Waals surface area contributed by atoms with Crippen LogP contribution in [0.5, 0.6) is 0 Å². The minimum Gasteiger partial charge on any atom is -0.176 e. The largest absolute Gasteiger partial charge is 0.176 e. The molecule has 132 valence electrons. The number of hydrogen-bond donors (Lipinski definition) is 0. The molecule has 0 N–H and O–H groups in total. The van der Waals surface area contributed by atoms with E-state index in [1.807, 2.05) is 0 Å². The summed E-state index contributed by atoms with van der Waals surface area (Å²) in [6, 6.07) is 38.4. The third kappa shape index (κ3) is 3.82. The zero-order chi connectivity index (χ0) is 17.1. The van der Waals surface area contributed by atoms with Gasteiger partial charge in [0, 0.05) is 20.4 Å². The fourth-order valence-electron chi connectivity index (χ4n) is 3.59. The van der Waals surface area contributed by atoms with E-state index >= 15 is 0 Å². The summed E-state index contributed by atoms with van der Waals surface area (Å²) < 4.78 is 0. The Labute approximate surface area is 170 Å². The van der Waals surface area contributed by atoms with Gasteiger partial charge in [-0.2, -0.15) is 18.2 Å². The maximum absolute atomic E-state index is 3.56. The maximum atomic E-state index is 3.56. The topological polar surface area (TPSA) is 0 Å². The van der Waals surface area contributed by atoms with E-state index in [2.05, 4.69) is 110 Å². The Hall–Kier alpha value is -1.77. The van der Waals surface area contributed by atoms with Crippen LogP contribution in [0.15, 0.2) is 97.1 Å². The monoisotopic (exact) mass is 446 g/mol. The van der Waals surface area contributed by atoms with Crippen molar-refractivity contribution in [2.24, 2.45) is 0 Å². The first-order chi connectivity index (χ1) is 12.3. The van der Waals surface area contributed by atoms with Gasteiger partial charge in [-0.15, -0.1) is 22.4 Å². The molecule has 0 aliphatic carbocycles. The second kappa shape index (κ2) is 8.75. The molecule has 0 aromatic heterocycles. The molecule has 0 unspecified atom stereocenters. The van der Waals surface area contributed by atoms with Crippen LogP contribution in [0.4, 0.5) is 0 Å². The van der Waals surface area contributed by atoms with Crippen molar-refractivity contribution in [3.63, 3.8) is 0 Å². The van der Waals surface area contributed by atoms with Crippen molar-refractivity contribution >= 4 is 29.3 Å². The van der Waals surface area contributed by atoms with Crippen LogP contribution in [0.3, 0.4) is 0 Å². The molecule has 26 heavy (non-hydrogen) atoms. The van der Waals surface area contributed by atoms with E-state index in [9.17, 15) is 0 Å². The van der Waals surface area contributed by atoms with Crippen LogP contribution in [0, 0.1) is 6.07 Å². The fourth-order valence-corrected chi connectivity index (χ4v) is 6.56. The van der Waals surface area contributed by atoms with Crippen molar-refractivity contribution in [3.05, 3.63) is 109 Å². The van der Waals surface area contributed by atoms with Crippen LogP contribution in [0.2, 0.25) is 0 Å². The molecule has 0 bridgehead atoms. The van der Waals surface area contributed by atoms with Gasteiger partial charge in [0.15, 0.2) is 0 Å². The molecule has 4 rings (SSSR count). The van der Waals surface area contributed by atoms with Crippen LogP contribution < -0.4 is 10.6 Å². The van der Waals surface area contributed by atoms with E-state index in [-0.39, 0.29) is 20.4 Å². The Bertz CT molecular complexity index is 922. The van der Waals surface area contributed by atoms with Gasteiger partial charge < -0.3 is 0 Å². The molecule has 0 aliphatic rings. The van der Waals surface area contributed by atoms with Crippen LogP contribution in [-0.2, 0) is 20.4 Å². The van der Waals surface area contributed by atoms with Gasteiger partial charge in [-0.05, 0) is 31.2 Å². The van der Waals surface area contributed by atoms with Crippen molar-refractivity contribution in [2.45, 2.75) is 12.6 Å². The molecular weight excluding hydrogens is 426 g/mol. The Kier molecular flexibility index (Phi) is 6.39. The Balaban J connectivity index is 0.00000196. The zero-order valence-corrected chi connectivity index (χ0v) is 17.2.